The Balaban J connectivity index is 2.28. The molecule has 0 bridgehead atoms. The van der Waals surface area contributed by atoms with Crippen LogP contribution in [0.2, 0.25) is 13.0 Å². The molecular formula is C8H13B3. The van der Waals surface area contributed by atoms with Gasteiger partial charge in [-0.25, -0.2) is 0 Å². The van der Waals surface area contributed by atoms with Gasteiger partial charge in [-0.3, -0.25) is 0 Å². The van der Waals surface area contributed by atoms with E-state index >= 15 is 0 Å². The highest BCUT2D eigenvalue weighted by Crippen LogP contribution is 1.81. The van der Waals surface area contributed by atoms with Crippen LogP contribution in [0.1, 0.15) is 0 Å². The molecule has 1 aromatic rings. The number of hydrogen-bond donors (Lipinski definition) is 0. The van der Waals surface area contributed by atoms with Crippen LogP contribution < -0.4 is 5.46 Å². The normalized spacial score (nSPS) is 8.82. The Morgan fingerprint density at radius 3 is 2.55 bits per heavy atom. The molecule has 0 unspecified atom stereocenters. The summed E-state index contributed by atoms with van der Waals surface area (Å²) in [5.74, 6) is 0. The van der Waals surface area contributed by atoms with Crippen LogP contribution in [0.3, 0.4) is 0 Å². The van der Waals surface area contributed by atoms with Crippen LogP contribution in [0.25, 0.3) is 0 Å². The Hall–Kier alpha value is -0.585. The van der Waals surface area contributed by atoms with Gasteiger partial charge in [0.15, 0.2) is 0 Å². The van der Waals surface area contributed by atoms with E-state index in [1.165, 1.54) is 33.3 Å². The molecule has 0 saturated heterocycles. The summed E-state index contributed by atoms with van der Waals surface area (Å²) in [5, 5.41) is 0. The molecule has 0 radical (unpaired) electrons. The summed E-state index contributed by atoms with van der Waals surface area (Å²) < 4.78 is 0. The third-order valence-corrected chi connectivity index (χ3v) is 1.91. The first-order chi connectivity index (χ1) is 5.43. The molecular weight excluding hydrogens is 129 g/mol. The molecule has 0 atom stereocenters. The zero-order valence-electron chi connectivity index (χ0n) is 7.22. The molecule has 54 valence electrons. The van der Waals surface area contributed by atoms with Gasteiger partial charge < -0.3 is 0 Å². The Kier molecular flexibility index (Phi) is 3.96. The van der Waals surface area contributed by atoms with Gasteiger partial charge in [-0.05, 0) is 0 Å². The van der Waals surface area contributed by atoms with Crippen molar-refractivity contribution in [3.05, 3.63) is 30.3 Å². The van der Waals surface area contributed by atoms with Crippen LogP contribution in [0.15, 0.2) is 30.3 Å². The molecule has 0 heterocycles. The highest BCUT2D eigenvalue weighted by molar-refractivity contribution is 7.09. The minimum Gasteiger partial charge on any atom is -0.107 e. The van der Waals surface area contributed by atoms with E-state index in [0.29, 0.717) is 0 Å². The molecule has 0 aliphatic rings. The Morgan fingerprint density at radius 2 is 1.91 bits per heavy atom. The Bertz CT molecular complexity index is 186. The van der Waals surface area contributed by atoms with Crippen LogP contribution in [0.5, 0.6) is 0 Å². The van der Waals surface area contributed by atoms with Gasteiger partial charge in [0.2, 0.25) is 0 Å². The Morgan fingerprint density at radius 1 is 1.18 bits per heavy atom. The predicted octanol–water partition coefficient (Wildman–Crippen LogP) is -0.0397. The van der Waals surface area contributed by atoms with E-state index in [4.69, 9.17) is 0 Å². The molecule has 1 rings (SSSR count). The maximum atomic E-state index is 2.24. The Labute approximate surface area is 71.1 Å². The average Bonchev–Trinajstić information content (AvgIpc) is 2.07. The van der Waals surface area contributed by atoms with Gasteiger partial charge in [-0.15, -0.1) is 6.22 Å². The van der Waals surface area contributed by atoms with Gasteiger partial charge in [0.05, 0.1) is 7.17 Å². The van der Waals surface area contributed by atoms with Crippen molar-refractivity contribution in [2.45, 2.75) is 13.0 Å². The minimum absolute atomic E-state index is 1.24. The summed E-state index contributed by atoms with van der Waals surface area (Å²) in [6.45, 7) is 2.24. The highest BCUT2D eigenvalue weighted by atomic mass is 13.7. The van der Waals surface area contributed by atoms with E-state index in [1.54, 1.807) is 0 Å². The minimum atomic E-state index is 1.24. The third kappa shape index (κ3) is 3.36. The van der Waals surface area contributed by atoms with E-state index in [2.05, 4.69) is 37.2 Å². The zero-order valence-corrected chi connectivity index (χ0v) is 7.22. The maximum absolute atomic E-state index is 2.24. The van der Waals surface area contributed by atoms with Crippen molar-refractivity contribution in [2.24, 2.45) is 0 Å². The molecule has 0 aliphatic heterocycles. The molecule has 0 saturated carbocycles. The van der Waals surface area contributed by atoms with Crippen molar-refractivity contribution >= 4 is 27.1 Å². The monoisotopic (exact) mass is 142 g/mol. The van der Waals surface area contributed by atoms with Crippen LogP contribution in [-0.2, 0) is 0 Å². The molecule has 0 fully saturated rings. The van der Waals surface area contributed by atoms with Crippen molar-refractivity contribution < 1.29 is 0 Å². The molecule has 3 heteroatoms. The van der Waals surface area contributed by atoms with Gasteiger partial charge in [0, 0.05) is 0 Å². The van der Waals surface area contributed by atoms with E-state index in [1.807, 2.05) is 0 Å². The first-order valence-corrected chi connectivity index (χ1v) is 4.47. The molecule has 0 amide bonds. The van der Waals surface area contributed by atoms with E-state index < -0.39 is 0 Å². The maximum Gasteiger partial charge on any atom is 0.122 e. The van der Waals surface area contributed by atoms with E-state index in [9.17, 15) is 0 Å². The first-order valence-electron chi connectivity index (χ1n) is 4.47. The number of hydrogen-bond acceptors (Lipinski definition) is 0. The summed E-state index contributed by atoms with van der Waals surface area (Å²) in [7, 11) is 3.89. The first kappa shape index (κ1) is 8.51. The second kappa shape index (κ2) is 5.12. The third-order valence-electron chi connectivity index (χ3n) is 1.91. The summed E-state index contributed by atoms with van der Waals surface area (Å²) in [6, 6.07) is 10.7. The topological polar surface area (TPSA) is 0 Å². The SMILES string of the molecule is CBCBBc1ccccc1. The highest BCUT2D eigenvalue weighted by Gasteiger charge is 1.94. The van der Waals surface area contributed by atoms with Crippen LogP contribution >= 0.6 is 0 Å². The zero-order chi connectivity index (χ0) is 7.94. The lowest BCUT2D eigenvalue weighted by Crippen LogP contribution is -2.20. The fourth-order valence-corrected chi connectivity index (χ4v) is 1.22. The van der Waals surface area contributed by atoms with Gasteiger partial charge in [0.1, 0.15) is 14.4 Å². The average molecular weight is 142 g/mol. The fourth-order valence-electron chi connectivity index (χ4n) is 1.22. The van der Waals surface area contributed by atoms with Crippen LogP contribution in [0.4, 0.5) is 0 Å². The van der Waals surface area contributed by atoms with E-state index in [-0.39, 0.29) is 0 Å². The second-order valence-electron chi connectivity index (χ2n) is 2.94. The second-order valence-corrected chi connectivity index (χ2v) is 2.94. The molecule has 11 heavy (non-hydrogen) atoms. The smallest absolute Gasteiger partial charge is 0.107 e. The van der Waals surface area contributed by atoms with Gasteiger partial charge in [0.25, 0.3) is 0 Å². The summed E-state index contributed by atoms with van der Waals surface area (Å²) >= 11 is 0. The molecule has 0 aromatic heterocycles. The van der Waals surface area contributed by atoms with Gasteiger partial charge in [-0.1, -0.05) is 42.6 Å². The summed E-state index contributed by atoms with van der Waals surface area (Å²) in [6.07, 6.45) is 1.36. The van der Waals surface area contributed by atoms with Crippen molar-refractivity contribution in [3.8, 4) is 0 Å². The predicted molar refractivity (Wildman–Crippen MR) is 58.2 cm³/mol. The molecule has 1 aromatic carbocycles. The van der Waals surface area contributed by atoms with Gasteiger partial charge >= 0.3 is 0 Å². The largest absolute Gasteiger partial charge is 0.122 e. The summed E-state index contributed by atoms with van der Waals surface area (Å²) in [5.41, 5.74) is 1.47. The summed E-state index contributed by atoms with van der Waals surface area (Å²) in [4.78, 5) is 0. The molecule has 0 N–H and O–H groups in total. The van der Waals surface area contributed by atoms with Crippen LogP contribution in [-0.4, -0.2) is 21.6 Å². The molecule has 0 nitrogen and oxygen atoms in total. The van der Waals surface area contributed by atoms with Gasteiger partial charge in [-0.2, -0.15) is 0 Å². The lowest BCUT2D eigenvalue weighted by molar-refractivity contribution is 1.77. The molecule has 0 aliphatic carbocycles. The molecule has 0 spiro atoms. The number of rotatable bonds is 4. The number of benzene rings is 1. The lowest BCUT2D eigenvalue weighted by atomic mass is 9.31. The van der Waals surface area contributed by atoms with Crippen molar-refractivity contribution in [1.29, 1.82) is 0 Å². The fraction of sp³-hybridized carbons (Fsp3) is 0.250. The van der Waals surface area contributed by atoms with E-state index in [0.717, 1.165) is 0 Å². The standard InChI is InChI=1S/C8H13B3/c1-9-7-10-11-8-5-3-2-4-6-8/h2-6,9-11H,7H2,1H3. The van der Waals surface area contributed by atoms with Crippen molar-refractivity contribution in [1.82, 2.24) is 0 Å². The quantitative estimate of drug-likeness (QED) is 0.408. The van der Waals surface area contributed by atoms with Crippen molar-refractivity contribution in [2.75, 3.05) is 0 Å². The van der Waals surface area contributed by atoms with Crippen molar-refractivity contribution in [3.63, 3.8) is 0 Å². The van der Waals surface area contributed by atoms with Crippen LogP contribution in [0, 0.1) is 0 Å². The lowest BCUT2D eigenvalue weighted by Gasteiger charge is -1.94.